The van der Waals surface area contributed by atoms with Crippen LogP contribution in [0.1, 0.15) is 24.5 Å². The fourth-order valence-electron chi connectivity index (χ4n) is 1.90. The normalized spacial score (nSPS) is 16.6. The molecule has 3 nitrogen and oxygen atoms in total. The highest BCUT2D eigenvalue weighted by Gasteiger charge is 2.30. The van der Waals surface area contributed by atoms with Crippen molar-refractivity contribution in [3.8, 4) is 0 Å². The van der Waals surface area contributed by atoms with Crippen LogP contribution in [0.15, 0.2) is 32.0 Å². The van der Waals surface area contributed by atoms with Crippen molar-refractivity contribution in [3.63, 3.8) is 0 Å². The van der Waals surface area contributed by atoms with Crippen LogP contribution in [0.2, 0.25) is 0 Å². The molecule has 0 radical (unpaired) electrons. The minimum atomic E-state index is -3.17. The number of fused-ring (bicyclic) bond motifs is 1. The van der Waals surface area contributed by atoms with Gasteiger partial charge in [0, 0.05) is 17.6 Å². The Morgan fingerprint density at radius 2 is 2.06 bits per heavy atom. The Labute approximate surface area is 108 Å². The van der Waals surface area contributed by atoms with Gasteiger partial charge in [0.05, 0.1) is 9.37 Å². The number of hydrogen-bond acceptors (Lipinski definition) is 3. The average molecular weight is 315 g/mol. The number of sulfone groups is 1. The standard InChI is InChI=1S/C12H11BrO3S/c1-17(14,15)8-4-5-10-9(6-8)11(13)12(16-10)7-2-3-7/h4-7H,2-3H2,1H3. The Morgan fingerprint density at radius 3 is 2.65 bits per heavy atom. The first-order valence-corrected chi connectivity index (χ1v) is 8.07. The van der Waals surface area contributed by atoms with Crippen LogP contribution in [-0.2, 0) is 9.84 Å². The highest BCUT2D eigenvalue weighted by Crippen LogP contribution is 2.47. The van der Waals surface area contributed by atoms with Crippen LogP contribution in [0, 0.1) is 0 Å². The van der Waals surface area contributed by atoms with Crippen molar-refractivity contribution in [2.24, 2.45) is 0 Å². The third kappa shape index (κ3) is 1.91. The van der Waals surface area contributed by atoms with Gasteiger partial charge in [0.1, 0.15) is 11.3 Å². The van der Waals surface area contributed by atoms with Gasteiger partial charge < -0.3 is 4.42 Å². The first-order valence-electron chi connectivity index (χ1n) is 5.39. The Bertz CT molecular complexity index is 696. The number of furan rings is 1. The topological polar surface area (TPSA) is 47.3 Å². The van der Waals surface area contributed by atoms with Crippen molar-refractivity contribution in [2.75, 3.05) is 6.26 Å². The van der Waals surface area contributed by atoms with E-state index in [0.29, 0.717) is 10.8 Å². The van der Waals surface area contributed by atoms with E-state index >= 15 is 0 Å². The molecule has 1 aliphatic carbocycles. The molecule has 2 aromatic rings. The average Bonchev–Trinajstić information content (AvgIpc) is 3.03. The molecule has 0 amide bonds. The SMILES string of the molecule is CS(=O)(=O)c1ccc2oc(C3CC3)c(Br)c2c1. The lowest BCUT2D eigenvalue weighted by molar-refractivity contribution is 0.549. The van der Waals surface area contributed by atoms with Crippen LogP contribution >= 0.6 is 15.9 Å². The summed E-state index contributed by atoms with van der Waals surface area (Å²) >= 11 is 3.50. The maximum absolute atomic E-state index is 11.5. The molecule has 90 valence electrons. The zero-order valence-corrected chi connectivity index (χ0v) is 11.6. The van der Waals surface area contributed by atoms with E-state index in [1.807, 2.05) is 0 Å². The quantitative estimate of drug-likeness (QED) is 0.852. The minimum absolute atomic E-state index is 0.328. The van der Waals surface area contributed by atoms with Gasteiger partial charge in [0.25, 0.3) is 0 Å². The molecule has 1 aliphatic rings. The summed E-state index contributed by atoms with van der Waals surface area (Å²) in [6, 6.07) is 4.98. The second-order valence-corrected chi connectivity index (χ2v) is 7.29. The molecular formula is C12H11BrO3S. The molecule has 0 bridgehead atoms. The summed E-state index contributed by atoms with van der Waals surface area (Å²) in [6.45, 7) is 0. The molecule has 3 rings (SSSR count). The Balaban J connectivity index is 2.25. The summed E-state index contributed by atoms with van der Waals surface area (Å²) in [5.41, 5.74) is 0.742. The minimum Gasteiger partial charge on any atom is -0.460 e. The van der Waals surface area contributed by atoms with Crippen molar-refractivity contribution in [1.82, 2.24) is 0 Å². The summed E-state index contributed by atoms with van der Waals surface area (Å²) in [7, 11) is -3.17. The fraction of sp³-hybridized carbons (Fsp3) is 0.333. The number of hydrogen-bond donors (Lipinski definition) is 0. The van der Waals surface area contributed by atoms with Gasteiger partial charge in [-0.25, -0.2) is 8.42 Å². The molecule has 5 heteroatoms. The highest BCUT2D eigenvalue weighted by molar-refractivity contribution is 9.10. The van der Waals surface area contributed by atoms with Gasteiger partial charge >= 0.3 is 0 Å². The van der Waals surface area contributed by atoms with E-state index in [2.05, 4.69) is 15.9 Å². The van der Waals surface area contributed by atoms with Crippen LogP contribution in [0.5, 0.6) is 0 Å². The largest absolute Gasteiger partial charge is 0.460 e. The van der Waals surface area contributed by atoms with Crippen molar-refractivity contribution >= 4 is 36.7 Å². The van der Waals surface area contributed by atoms with Crippen LogP contribution in [0.25, 0.3) is 11.0 Å². The molecule has 0 atom stereocenters. The van der Waals surface area contributed by atoms with Gasteiger partial charge in [-0.2, -0.15) is 0 Å². The van der Waals surface area contributed by atoms with E-state index in [4.69, 9.17) is 4.42 Å². The summed E-state index contributed by atoms with van der Waals surface area (Å²) in [5.74, 6) is 1.45. The van der Waals surface area contributed by atoms with Gasteiger partial charge in [-0.3, -0.25) is 0 Å². The van der Waals surface area contributed by atoms with E-state index in [1.165, 1.54) is 6.26 Å². The lowest BCUT2D eigenvalue weighted by Crippen LogP contribution is -1.95. The predicted molar refractivity (Wildman–Crippen MR) is 69.0 cm³/mol. The van der Waals surface area contributed by atoms with E-state index in [0.717, 1.165) is 34.0 Å². The smallest absolute Gasteiger partial charge is 0.175 e. The number of rotatable bonds is 2. The molecule has 0 N–H and O–H groups in total. The van der Waals surface area contributed by atoms with Gasteiger partial charge in [0.15, 0.2) is 9.84 Å². The van der Waals surface area contributed by atoms with Gasteiger partial charge in [0.2, 0.25) is 0 Å². The first kappa shape index (κ1) is 11.3. The zero-order valence-electron chi connectivity index (χ0n) is 9.23. The van der Waals surface area contributed by atoms with Crippen LogP contribution in [-0.4, -0.2) is 14.7 Å². The summed E-state index contributed by atoms with van der Waals surface area (Å²) in [4.78, 5) is 0.328. The Hall–Kier alpha value is -0.810. The second-order valence-electron chi connectivity index (χ2n) is 4.48. The fourth-order valence-corrected chi connectivity index (χ4v) is 3.27. The number of benzene rings is 1. The summed E-state index contributed by atoms with van der Waals surface area (Å²) in [5, 5.41) is 0.842. The molecule has 0 aliphatic heterocycles. The number of halogens is 1. The molecule has 1 heterocycles. The third-order valence-corrected chi connectivity index (χ3v) is 4.93. The monoisotopic (exact) mass is 314 g/mol. The van der Waals surface area contributed by atoms with Crippen molar-refractivity contribution < 1.29 is 12.8 Å². The molecule has 1 fully saturated rings. The molecule has 1 saturated carbocycles. The van der Waals surface area contributed by atoms with Gasteiger partial charge in [-0.1, -0.05) is 0 Å². The van der Waals surface area contributed by atoms with E-state index in [-0.39, 0.29) is 0 Å². The lowest BCUT2D eigenvalue weighted by Gasteiger charge is -1.97. The second kappa shape index (κ2) is 3.59. The van der Waals surface area contributed by atoms with Gasteiger partial charge in [-0.15, -0.1) is 0 Å². The van der Waals surface area contributed by atoms with Crippen molar-refractivity contribution in [2.45, 2.75) is 23.7 Å². The predicted octanol–water partition coefficient (Wildman–Crippen LogP) is 3.48. The van der Waals surface area contributed by atoms with Crippen molar-refractivity contribution in [1.29, 1.82) is 0 Å². The Morgan fingerprint density at radius 1 is 1.35 bits per heavy atom. The van der Waals surface area contributed by atoms with Crippen LogP contribution < -0.4 is 0 Å². The Kier molecular flexibility index (Phi) is 2.38. The van der Waals surface area contributed by atoms with Gasteiger partial charge in [-0.05, 0) is 47.0 Å². The van der Waals surface area contributed by atoms with Crippen LogP contribution in [0.4, 0.5) is 0 Å². The highest BCUT2D eigenvalue weighted by atomic mass is 79.9. The first-order chi connectivity index (χ1) is 7.97. The van der Waals surface area contributed by atoms with E-state index < -0.39 is 9.84 Å². The molecule has 17 heavy (non-hydrogen) atoms. The van der Waals surface area contributed by atoms with E-state index in [1.54, 1.807) is 18.2 Å². The lowest BCUT2D eigenvalue weighted by atomic mass is 10.2. The molecule has 0 unspecified atom stereocenters. The maximum Gasteiger partial charge on any atom is 0.175 e. The van der Waals surface area contributed by atoms with Crippen LogP contribution in [0.3, 0.4) is 0 Å². The van der Waals surface area contributed by atoms with Crippen molar-refractivity contribution in [3.05, 3.63) is 28.4 Å². The summed E-state index contributed by atoms with van der Waals surface area (Å²) < 4.78 is 29.6. The molecule has 1 aromatic carbocycles. The molecule has 0 spiro atoms. The zero-order chi connectivity index (χ0) is 12.2. The summed E-state index contributed by atoms with van der Waals surface area (Å²) in [6.07, 6.45) is 3.51. The molecular weight excluding hydrogens is 304 g/mol. The van der Waals surface area contributed by atoms with E-state index in [9.17, 15) is 8.42 Å². The third-order valence-electron chi connectivity index (χ3n) is 3.00. The molecule has 0 saturated heterocycles. The molecule has 1 aromatic heterocycles. The maximum atomic E-state index is 11.5.